The standard InChI is InChI=1S/C23H24ClNO4S2.CH2O2/c1-13(2)9-16-5-7-17(8-6-16)20-12-19(22(30-20)23(26)27)25-31(28,29)21-11-14(3)18(24)10-15(21)4;2-1-3/h5-8,10-13,25H,9H2,1-4H3,(H,26,27);1H,(H,2,3). The number of carbonyl (C=O) groups is 2. The fraction of sp³-hybridized carbons (Fsp3) is 0.250. The summed E-state index contributed by atoms with van der Waals surface area (Å²) in [6.07, 6.45) is 0.954. The Morgan fingerprint density at radius 2 is 1.71 bits per heavy atom. The lowest BCUT2D eigenvalue weighted by atomic mass is 10.0. The predicted octanol–water partition coefficient (Wildman–Crippen LogP) is 6.08. The highest BCUT2D eigenvalue weighted by molar-refractivity contribution is 7.92. The Morgan fingerprint density at radius 3 is 2.24 bits per heavy atom. The highest BCUT2D eigenvalue weighted by atomic mass is 35.5. The molecule has 0 saturated heterocycles. The number of hydrogen-bond acceptors (Lipinski definition) is 5. The van der Waals surface area contributed by atoms with Gasteiger partial charge < -0.3 is 10.2 Å². The number of aryl methyl sites for hydroxylation is 2. The summed E-state index contributed by atoms with van der Waals surface area (Å²) >= 11 is 7.12. The first kappa shape index (κ1) is 27.4. The van der Waals surface area contributed by atoms with Crippen LogP contribution in [0.3, 0.4) is 0 Å². The maximum atomic E-state index is 13.0. The first-order valence-corrected chi connectivity index (χ1v) is 12.9. The van der Waals surface area contributed by atoms with Gasteiger partial charge in [-0.25, -0.2) is 13.2 Å². The van der Waals surface area contributed by atoms with Crippen LogP contribution in [0.25, 0.3) is 10.4 Å². The zero-order valence-electron chi connectivity index (χ0n) is 19.1. The molecule has 0 radical (unpaired) electrons. The van der Waals surface area contributed by atoms with Gasteiger partial charge in [-0.15, -0.1) is 11.3 Å². The van der Waals surface area contributed by atoms with Crippen LogP contribution in [0.1, 0.15) is 40.2 Å². The van der Waals surface area contributed by atoms with E-state index in [1.165, 1.54) is 11.6 Å². The quantitative estimate of drug-likeness (QED) is 0.322. The minimum absolute atomic E-state index is 0.0470. The Kier molecular flexibility index (Phi) is 9.26. The van der Waals surface area contributed by atoms with Gasteiger partial charge in [0.2, 0.25) is 0 Å². The van der Waals surface area contributed by atoms with Crippen molar-refractivity contribution < 1.29 is 28.2 Å². The largest absolute Gasteiger partial charge is 0.483 e. The van der Waals surface area contributed by atoms with E-state index in [-0.39, 0.29) is 21.9 Å². The van der Waals surface area contributed by atoms with E-state index in [4.69, 9.17) is 21.5 Å². The second kappa shape index (κ2) is 11.5. The smallest absolute Gasteiger partial charge is 0.348 e. The van der Waals surface area contributed by atoms with Gasteiger partial charge in [-0.05, 0) is 66.6 Å². The molecule has 182 valence electrons. The third kappa shape index (κ3) is 6.82. The van der Waals surface area contributed by atoms with Crippen molar-refractivity contribution in [3.05, 3.63) is 69.1 Å². The minimum atomic E-state index is -3.99. The van der Waals surface area contributed by atoms with Crippen LogP contribution in [0.4, 0.5) is 5.69 Å². The summed E-state index contributed by atoms with van der Waals surface area (Å²) in [5.74, 6) is -0.651. The topological polar surface area (TPSA) is 121 Å². The van der Waals surface area contributed by atoms with Crippen molar-refractivity contribution in [2.75, 3.05) is 4.72 Å². The summed E-state index contributed by atoms with van der Waals surface area (Å²) in [7, 11) is -3.99. The molecule has 0 bridgehead atoms. The van der Waals surface area contributed by atoms with Gasteiger partial charge in [0.25, 0.3) is 16.5 Å². The molecule has 0 aliphatic heterocycles. The normalized spacial score (nSPS) is 11.0. The van der Waals surface area contributed by atoms with E-state index in [0.717, 1.165) is 23.3 Å². The van der Waals surface area contributed by atoms with Gasteiger partial charge in [0.15, 0.2) is 0 Å². The van der Waals surface area contributed by atoms with E-state index in [1.54, 1.807) is 26.0 Å². The molecular weight excluding hydrogens is 498 g/mol. The van der Waals surface area contributed by atoms with Crippen LogP contribution in [0.5, 0.6) is 0 Å². The molecule has 0 aliphatic rings. The summed E-state index contributed by atoms with van der Waals surface area (Å²) in [6.45, 7) is 7.41. The number of sulfonamides is 1. The van der Waals surface area contributed by atoms with Gasteiger partial charge in [-0.2, -0.15) is 0 Å². The summed E-state index contributed by atoms with van der Waals surface area (Å²) in [5, 5.41) is 17.0. The highest BCUT2D eigenvalue weighted by Gasteiger charge is 2.24. The molecule has 0 saturated carbocycles. The first-order valence-electron chi connectivity index (χ1n) is 10.2. The SMILES string of the molecule is Cc1cc(S(=O)(=O)Nc2cc(-c3ccc(CC(C)C)cc3)sc2C(=O)O)c(C)cc1Cl.O=CO. The molecule has 2 aromatic carbocycles. The third-order valence-corrected chi connectivity index (χ3v) is 7.89. The van der Waals surface area contributed by atoms with Crippen molar-refractivity contribution in [3.63, 3.8) is 0 Å². The van der Waals surface area contributed by atoms with Gasteiger partial charge in [0.05, 0.1) is 10.6 Å². The van der Waals surface area contributed by atoms with Gasteiger partial charge in [-0.1, -0.05) is 49.7 Å². The van der Waals surface area contributed by atoms with E-state index in [0.29, 0.717) is 26.9 Å². The van der Waals surface area contributed by atoms with Crippen LogP contribution in [-0.4, -0.2) is 31.1 Å². The number of rotatable bonds is 7. The molecule has 1 heterocycles. The Bertz CT molecular complexity index is 1280. The average molecular weight is 524 g/mol. The van der Waals surface area contributed by atoms with E-state index in [9.17, 15) is 18.3 Å². The van der Waals surface area contributed by atoms with Crippen molar-refractivity contribution in [1.29, 1.82) is 0 Å². The monoisotopic (exact) mass is 523 g/mol. The van der Waals surface area contributed by atoms with Gasteiger partial charge in [0.1, 0.15) is 4.88 Å². The number of halogens is 1. The molecule has 0 unspecified atom stereocenters. The minimum Gasteiger partial charge on any atom is -0.483 e. The molecule has 3 N–H and O–H groups in total. The second-order valence-corrected chi connectivity index (χ2v) is 11.1. The van der Waals surface area contributed by atoms with Crippen molar-refractivity contribution in [1.82, 2.24) is 0 Å². The molecular formula is C24H26ClNO6S2. The molecule has 0 atom stereocenters. The summed E-state index contributed by atoms with van der Waals surface area (Å²) in [6, 6.07) is 12.5. The summed E-state index contributed by atoms with van der Waals surface area (Å²) < 4.78 is 28.5. The van der Waals surface area contributed by atoms with Crippen LogP contribution in [0.15, 0.2) is 47.4 Å². The maximum absolute atomic E-state index is 13.0. The lowest BCUT2D eigenvalue weighted by molar-refractivity contribution is -0.122. The molecule has 1 aromatic heterocycles. The Morgan fingerprint density at radius 1 is 1.12 bits per heavy atom. The molecule has 0 fully saturated rings. The summed E-state index contributed by atoms with van der Waals surface area (Å²) in [5.41, 5.74) is 3.19. The molecule has 0 spiro atoms. The Hall–Kier alpha value is -2.88. The van der Waals surface area contributed by atoms with Crippen molar-refractivity contribution >= 4 is 51.1 Å². The first-order chi connectivity index (χ1) is 15.9. The lowest BCUT2D eigenvalue weighted by Gasteiger charge is -2.11. The van der Waals surface area contributed by atoms with E-state index < -0.39 is 16.0 Å². The van der Waals surface area contributed by atoms with E-state index in [1.807, 2.05) is 24.3 Å². The second-order valence-electron chi connectivity index (χ2n) is 8.03. The molecule has 34 heavy (non-hydrogen) atoms. The van der Waals surface area contributed by atoms with Gasteiger partial charge >= 0.3 is 5.97 Å². The number of benzene rings is 2. The molecule has 0 aliphatic carbocycles. The third-order valence-electron chi connectivity index (χ3n) is 4.80. The Balaban J connectivity index is 0.00000129. The molecule has 10 heteroatoms. The predicted molar refractivity (Wildman–Crippen MR) is 136 cm³/mol. The maximum Gasteiger partial charge on any atom is 0.348 e. The number of carboxylic acid groups (broad SMARTS) is 2. The fourth-order valence-electron chi connectivity index (χ4n) is 3.29. The van der Waals surface area contributed by atoms with Gasteiger partial charge in [-0.3, -0.25) is 9.52 Å². The van der Waals surface area contributed by atoms with Gasteiger partial charge in [0, 0.05) is 9.90 Å². The number of carboxylic acids is 1. The molecule has 0 amide bonds. The van der Waals surface area contributed by atoms with Crippen LogP contribution < -0.4 is 4.72 Å². The van der Waals surface area contributed by atoms with Crippen LogP contribution >= 0.6 is 22.9 Å². The highest BCUT2D eigenvalue weighted by Crippen LogP contribution is 2.36. The van der Waals surface area contributed by atoms with Crippen LogP contribution in [-0.2, 0) is 21.2 Å². The van der Waals surface area contributed by atoms with E-state index in [2.05, 4.69) is 18.6 Å². The van der Waals surface area contributed by atoms with Crippen molar-refractivity contribution in [3.8, 4) is 10.4 Å². The molecule has 7 nitrogen and oxygen atoms in total. The number of anilines is 1. The fourth-order valence-corrected chi connectivity index (χ4v) is 5.90. The molecule has 3 rings (SSSR count). The summed E-state index contributed by atoms with van der Waals surface area (Å²) in [4.78, 5) is 20.8. The van der Waals surface area contributed by atoms with Crippen molar-refractivity contribution in [2.24, 2.45) is 5.92 Å². The number of aromatic carboxylic acids is 1. The lowest BCUT2D eigenvalue weighted by Crippen LogP contribution is -2.15. The average Bonchev–Trinajstić information content (AvgIpc) is 3.14. The number of thiophene rings is 1. The zero-order chi connectivity index (χ0) is 25.6. The molecule has 3 aromatic rings. The number of nitrogens with one attached hydrogen (secondary N) is 1. The zero-order valence-corrected chi connectivity index (χ0v) is 21.5. The van der Waals surface area contributed by atoms with Crippen molar-refractivity contribution in [2.45, 2.75) is 39.0 Å². The Labute approximate surface area is 208 Å². The van der Waals surface area contributed by atoms with Crippen LogP contribution in [0, 0.1) is 19.8 Å². The number of hydrogen-bond donors (Lipinski definition) is 3. The van der Waals surface area contributed by atoms with Crippen LogP contribution in [0.2, 0.25) is 5.02 Å². The van der Waals surface area contributed by atoms with E-state index >= 15 is 0 Å².